The molecular weight excluding hydrogens is 426 g/mol. The van der Waals surface area contributed by atoms with Gasteiger partial charge < -0.3 is 10.4 Å². The number of hydrogen-bond donors (Lipinski definition) is 2. The van der Waals surface area contributed by atoms with Crippen molar-refractivity contribution in [1.29, 1.82) is 5.26 Å². The molecule has 0 saturated carbocycles. The summed E-state index contributed by atoms with van der Waals surface area (Å²) in [6.07, 6.45) is -4.03. The summed E-state index contributed by atoms with van der Waals surface area (Å²) in [4.78, 5) is -1.48. The Morgan fingerprint density at radius 2 is 1.86 bits per heavy atom. The summed E-state index contributed by atoms with van der Waals surface area (Å²) in [5, 5.41) is 21.2. The zero-order valence-corrected chi connectivity index (χ0v) is 14.9. The summed E-state index contributed by atoms with van der Waals surface area (Å²) in [5.74, 6) is -4.76. The third-order valence-corrected chi connectivity index (χ3v) is 5.85. The summed E-state index contributed by atoms with van der Waals surface area (Å²) in [7, 11) is -6.02. The lowest BCUT2D eigenvalue weighted by Gasteiger charge is -2.18. The largest absolute Gasteiger partial charge is 0.501 e. The van der Waals surface area contributed by atoms with E-state index >= 15 is 0 Å². The Labute approximate surface area is 160 Å². The highest BCUT2D eigenvalue weighted by molar-refractivity contribution is 7.92. The SMILES string of the molecule is N#Cc1cc(F)cc(Nc2ccc(S(=O)(=O)C(F)(F)F)c3c2CC(F)(F)C3O)c1. The highest BCUT2D eigenvalue weighted by Gasteiger charge is 2.54. The highest BCUT2D eigenvalue weighted by atomic mass is 32.2. The first kappa shape index (κ1) is 20.9. The Balaban J connectivity index is 2.19. The molecule has 2 aromatic carbocycles. The maximum Gasteiger partial charge on any atom is 0.501 e. The van der Waals surface area contributed by atoms with Gasteiger partial charge in [0.15, 0.2) is 0 Å². The standard InChI is InChI=1S/C17H10F6N2O3S/c18-9-3-8(7-24)4-10(5-9)25-12-1-2-13(29(27,28)17(21,22)23)14-11(12)6-16(19,20)15(14)26/h1-5,15,25-26H,6H2. The van der Waals surface area contributed by atoms with Crippen LogP contribution in [-0.2, 0) is 16.3 Å². The van der Waals surface area contributed by atoms with Crippen molar-refractivity contribution in [2.45, 2.75) is 28.9 Å². The Bertz CT molecular complexity index is 1140. The van der Waals surface area contributed by atoms with Crippen LogP contribution >= 0.6 is 0 Å². The van der Waals surface area contributed by atoms with Crippen LogP contribution in [0.2, 0.25) is 0 Å². The molecule has 29 heavy (non-hydrogen) atoms. The number of benzene rings is 2. The van der Waals surface area contributed by atoms with Gasteiger partial charge in [-0.3, -0.25) is 0 Å². The highest BCUT2D eigenvalue weighted by Crippen LogP contribution is 2.50. The monoisotopic (exact) mass is 436 g/mol. The first-order chi connectivity index (χ1) is 13.3. The number of nitriles is 1. The van der Waals surface area contributed by atoms with Crippen LogP contribution in [0.25, 0.3) is 0 Å². The van der Waals surface area contributed by atoms with Gasteiger partial charge in [-0.2, -0.15) is 18.4 Å². The fraction of sp³-hybridized carbons (Fsp3) is 0.235. The van der Waals surface area contributed by atoms with E-state index < -0.39 is 55.6 Å². The number of nitrogens with zero attached hydrogens (tertiary/aromatic N) is 1. The zero-order valence-electron chi connectivity index (χ0n) is 14.1. The average Bonchev–Trinajstić information content (AvgIpc) is 2.84. The second-order valence-electron chi connectivity index (χ2n) is 6.26. The van der Waals surface area contributed by atoms with Crippen molar-refractivity contribution in [3.8, 4) is 6.07 Å². The lowest BCUT2D eigenvalue weighted by Crippen LogP contribution is -2.26. The molecule has 2 aromatic rings. The number of hydrogen-bond acceptors (Lipinski definition) is 5. The molecule has 0 saturated heterocycles. The van der Waals surface area contributed by atoms with Crippen LogP contribution in [0.1, 0.15) is 22.8 Å². The molecular formula is C17H10F6N2O3S. The van der Waals surface area contributed by atoms with Gasteiger partial charge in [0, 0.05) is 23.4 Å². The molecule has 0 bridgehead atoms. The molecule has 2 N–H and O–H groups in total. The summed E-state index contributed by atoms with van der Waals surface area (Å²) < 4.78 is 104. The van der Waals surface area contributed by atoms with E-state index in [-0.39, 0.29) is 16.9 Å². The molecule has 0 fully saturated rings. The molecule has 1 unspecified atom stereocenters. The summed E-state index contributed by atoms with van der Waals surface area (Å²) in [5.41, 5.74) is -7.86. The van der Waals surface area contributed by atoms with Gasteiger partial charge in [0.05, 0.1) is 16.5 Å². The van der Waals surface area contributed by atoms with E-state index in [1.165, 1.54) is 0 Å². The minimum absolute atomic E-state index is 0.0834. The number of anilines is 2. The van der Waals surface area contributed by atoms with E-state index in [1.807, 2.05) is 0 Å². The molecule has 3 rings (SSSR count). The van der Waals surface area contributed by atoms with Crippen LogP contribution in [-0.4, -0.2) is 25.0 Å². The number of fused-ring (bicyclic) bond motifs is 1. The molecule has 1 aliphatic carbocycles. The Kier molecular flexibility index (Phi) is 4.79. The van der Waals surface area contributed by atoms with Crippen molar-refractivity contribution in [2.24, 2.45) is 0 Å². The van der Waals surface area contributed by atoms with E-state index in [4.69, 9.17) is 5.26 Å². The fourth-order valence-corrected chi connectivity index (χ4v) is 4.06. The minimum Gasteiger partial charge on any atom is -0.382 e. The second kappa shape index (κ2) is 6.64. The molecule has 0 aromatic heterocycles. The minimum atomic E-state index is -6.02. The van der Waals surface area contributed by atoms with E-state index in [2.05, 4.69) is 5.32 Å². The van der Waals surface area contributed by atoms with Crippen LogP contribution in [0.3, 0.4) is 0 Å². The maximum absolute atomic E-state index is 14.0. The van der Waals surface area contributed by atoms with Crippen molar-refractivity contribution in [3.63, 3.8) is 0 Å². The van der Waals surface area contributed by atoms with Crippen molar-refractivity contribution in [2.75, 3.05) is 5.32 Å². The lowest BCUT2D eigenvalue weighted by molar-refractivity contribution is -0.0977. The van der Waals surface area contributed by atoms with E-state index in [1.54, 1.807) is 6.07 Å². The quantitative estimate of drug-likeness (QED) is 0.711. The Morgan fingerprint density at radius 1 is 1.21 bits per heavy atom. The number of sulfone groups is 1. The van der Waals surface area contributed by atoms with Gasteiger partial charge in [-0.15, -0.1) is 0 Å². The van der Waals surface area contributed by atoms with Crippen molar-refractivity contribution in [1.82, 2.24) is 0 Å². The van der Waals surface area contributed by atoms with Crippen LogP contribution in [0.15, 0.2) is 35.2 Å². The number of halogens is 6. The first-order valence-electron chi connectivity index (χ1n) is 7.78. The van der Waals surface area contributed by atoms with E-state index in [0.717, 1.165) is 24.3 Å². The van der Waals surface area contributed by atoms with Crippen molar-refractivity contribution >= 4 is 21.2 Å². The average molecular weight is 436 g/mol. The lowest BCUT2D eigenvalue weighted by atomic mass is 10.1. The predicted molar refractivity (Wildman–Crippen MR) is 87.7 cm³/mol. The van der Waals surface area contributed by atoms with E-state index in [0.29, 0.717) is 6.07 Å². The summed E-state index contributed by atoms with van der Waals surface area (Å²) in [6.45, 7) is 0. The van der Waals surface area contributed by atoms with Gasteiger partial charge in [0.2, 0.25) is 0 Å². The molecule has 1 atom stereocenters. The number of rotatable bonds is 3. The molecule has 1 aliphatic rings. The summed E-state index contributed by atoms with van der Waals surface area (Å²) >= 11 is 0. The molecule has 12 heteroatoms. The van der Waals surface area contributed by atoms with Gasteiger partial charge in [0.25, 0.3) is 15.8 Å². The molecule has 0 radical (unpaired) electrons. The summed E-state index contributed by atoms with van der Waals surface area (Å²) in [6, 6.07) is 5.87. The molecule has 154 valence electrons. The molecule has 0 amide bonds. The van der Waals surface area contributed by atoms with Gasteiger partial charge in [-0.1, -0.05) is 0 Å². The van der Waals surface area contributed by atoms with Crippen LogP contribution in [0.4, 0.5) is 37.7 Å². The first-order valence-corrected chi connectivity index (χ1v) is 9.27. The predicted octanol–water partition coefficient (Wildman–Crippen LogP) is 3.96. The van der Waals surface area contributed by atoms with Crippen LogP contribution in [0.5, 0.6) is 0 Å². The molecule has 5 nitrogen and oxygen atoms in total. The Morgan fingerprint density at radius 3 is 2.45 bits per heavy atom. The van der Waals surface area contributed by atoms with Gasteiger partial charge >= 0.3 is 5.51 Å². The normalized spacial score (nSPS) is 18.2. The smallest absolute Gasteiger partial charge is 0.382 e. The number of aliphatic hydroxyl groups excluding tert-OH is 1. The van der Waals surface area contributed by atoms with Crippen LogP contribution < -0.4 is 5.32 Å². The molecule has 0 heterocycles. The maximum atomic E-state index is 14.0. The van der Waals surface area contributed by atoms with Gasteiger partial charge in [-0.05, 0) is 35.9 Å². The van der Waals surface area contributed by atoms with E-state index in [9.17, 15) is 39.9 Å². The van der Waals surface area contributed by atoms with Crippen molar-refractivity contribution < 1.29 is 39.9 Å². The number of nitrogens with one attached hydrogen (secondary N) is 1. The number of alkyl halides is 5. The Hall–Kier alpha value is -2.78. The van der Waals surface area contributed by atoms with Gasteiger partial charge in [0.1, 0.15) is 11.9 Å². The topological polar surface area (TPSA) is 90.2 Å². The van der Waals surface area contributed by atoms with Crippen LogP contribution in [0, 0.1) is 17.1 Å². The third kappa shape index (κ3) is 3.51. The third-order valence-electron chi connectivity index (χ3n) is 4.30. The van der Waals surface area contributed by atoms with Gasteiger partial charge in [-0.25, -0.2) is 21.6 Å². The van der Waals surface area contributed by atoms with Crippen molar-refractivity contribution in [3.05, 3.63) is 52.8 Å². The second-order valence-corrected chi connectivity index (χ2v) is 8.17. The molecule has 0 spiro atoms. The zero-order chi connectivity index (χ0) is 21.8. The fourth-order valence-electron chi connectivity index (χ4n) is 3.03. The number of aliphatic hydroxyl groups is 1. The molecule has 0 aliphatic heterocycles.